The van der Waals surface area contributed by atoms with Gasteiger partial charge in [0.25, 0.3) is 11.1 Å². The number of anilines is 1. The first-order chi connectivity index (χ1) is 12.6. The number of benzene rings is 2. The van der Waals surface area contributed by atoms with E-state index in [0.717, 1.165) is 28.5 Å². The molecule has 1 saturated heterocycles. The summed E-state index contributed by atoms with van der Waals surface area (Å²) in [5, 5.41) is 7.43. The summed E-state index contributed by atoms with van der Waals surface area (Å²) in [4.78, 5) is 29.5. The largest absolute Gasteiger partial charge is 0.328 e. The molecule has 0 spiro atoms. The maximum atomic E-state index is 12.7. The molecule has 1 aromatic heterocycles. The smallest absolute Gasteiger partial charge is 0.298 e. The molecule has 2 aromatic carbocycles. The van der Waals surface area contributed by atoms with E-state index in [2.05, 4.69) is 15.2 Å². The van der Waals surface area contributed by atoms with Gasteiger partial charge in [-0.3, -0.25) is 9.59 Å². The quantitative estimate of drug-likeness (QED) is 0.712. The number of nitrogens with one attached hydrogen (secondary N) is 1. The molecule has 0 aliphatic carbocycles. The van der Waals surface area contributed by atoms with E-state index in [-0.39, 0.29) is 11.1 Å². The minimum Gasteiger partial charge on any atom is -0.328 e. The van der Waals surface area contributed by atoms with Crippen molar-refractivity contribution in [3.05, 3.63) is 70.9 Å². The lowest BCUT2D eigenvalue weighted by atomic mass is 10.1. The van der Waals surface area contributed by atoms with Crippen LogP contribution in [-0.2, 0) is 4.79 Å². The SMILES string of the molecule is Cc1ccc(N2C(=O)S/C(=C\c3ccc(-c4nnc[nH]4)cc3)C2=O)cc1. The van der Waals surface area contributed by atoms with Gasteiger partial charge in [-0.15, -0.1) is 10.2 Å². The van der Waals surface area contributed by atoms with E-state index in [1.54, 1.807) is 18.2 Å². The molecule has 1 fully saturated rings. The molecule has 1 aliphatic rings. The van der Waals surface area contributed by atoms with Gasteiger partial charge in [0.15, 0.2) is 5.82 Å². The highest BCUT2D eigenvalue weighted by molar-refractivity contribution is 8.19. The molecule has 0 unspecified atom stereocenters. The molecular formula is C19H14N4O2S. The van der Waals surface area contributed by atoms with Gasteiger partial charge in [-0.1, -0.05) is 42.0 Å². The Hall–Kier alpha value is -3.19. The molecule has 3 aromatic rings. The van der Waals surface area contributed by atoms with Gasteiger partial charge in [-0.05, 0) is 42.5 Å². The van der Waals surface area contributed by atoms with Gasteiger partial charge in [0.1, 0.15) is 6.33 Å². The predicted octanol–water partition coefficient (Wildman–Crippen LogP) is 4.02. The van der Waals surface area contributed by atoms with E-state index in [0.29, 0.717) is 16.4 Å². The summed E-state index contributed by atoms with van der Waals surface area (Å²) in [6.45, 7) is 1.96. The molecule has 6 nitrogen and oxygen atoms in total. The molecule has 26 heavy (non-hydrogen) atoms. The van der Waals surface area contributed by atoms with Crippen LogP contribution < -0.4 is 4.90 Å². The number of aryl methyl sites for hydroxylation is 1. The lowest BCUT2D eigenvalue weighted by Crippen LogP contribution is -2.27. The molecule has 0 radical (unpaired) electrons. The third-order valence-electron chi connectivity index (χ3n) is 3.98. The molecule has 0 saturated carbocycles. The number of hydrogen-bond acceptors (Lipinski definition) is 5. The van der Waals surface area contributed by atoms with Crippen LogP contribution in [0, 0.1) is 6.92 Å². The summed E-state index contributed by atoms with van der Waals surface area (Å²) in [5.41, 5.74) is 3.39. The van der Waals surface area contributed by atoms with E-state index in [1.807, 2.05) is 43.3 Å². The van der Waals surface area contributed by atoms with Crippen LogP contribution in [0.15, 0.2) is 59.8 Å². The highest BCUT2D eigenvalue weighted by Crippen LogP contribution is 2.35. The average Bonchev–Trinajstić information content (AvgIpc) is 3.26. The lowest BCUT2D eigenvalue weighted by Gasteiger charge is -2.12. The van der Waals surface area contributed by atoms with Crippen molar-refractivity contribution < 1.29 is 9.59 Å². The molecule has 128 valence electrons. The van der Waals surface area contributed by atoms with Crippen molar-refractivity contribution in [1.82, 2.24) is 15.2 Å². The molecule has 1 N–H and O–H groups in total. The van der Waals surface area contributed by atoms with E-state index < -0.39 is 0 Å². The second kappa shape index (κ2) is 6.61. The number of nitrogens with zero attached hydrogens (tertiary/aromatic N) is 3. The van der Waals surface area contributed by atoms with Crippen molar-refractivity contribution in [2.45, 2.75) is 6.92 Å². The van der Waals surface area contributed by atoms with Crippen LogP contribution in [-0.4, -0.2) is 26.3 Å². The summed E-state index contributed by atoms with van der Waals surface area (Å²) < 4.78 is 0. The van der Waals surface area contributed by atoms with Crippen molar-refractivity contribution >= 4 is 34.7 Å². The summed E-state index contributed by atoms with van der Waals surface area (Å²) in [7, 11) is 0. The molecular weight excluding hydrogens is 348 g/mol. The van der Waals surface area contributed by atoms with Gasteiger partial charge in [0, 0.05) is 5.56 Å². The molecule has 2 amide bonds. The number of imide groups is 1. The minimum absolute atomic E-state index is 0.289. The zero-order valence-electron chi connectivity index (χ0n) is 13.8. The molecule has 0 bridgehead atoms. The number of amides is 2. The Morgan fingerprint density at radius 2 is 1.77 bits per heavy atom. The first-order valence-corrected chi connectivity index (χ1v) is 8.74. The van der Waals surface area contributed by atoms with E-state index in [4.69, 9.17) is 0 Å². The van der Waals surface area contributed by atoms with Gasteiger partial charge in [0.05, 0.1) is 10.6 Å². The van der Waals surface area contributed by atoms with E-state index in [9.17, 15) is 9.59 Å². The Bertz CT molecular complexity index is 993. The second-order valence-corrected chi connectivity index (χ2v) is 6.81. The zero-order valence-corrected chi connectivity index (χ0v) is 14.7. The van der Waals surface area contributed by atoms with Crippen LogP contribution >= 0.6 is 11.8 Å². The minimum atomic E-state index is -0.303. The van der Waals surface area contributed by atoms with Crippen molar-refractivity contribution in [1.29, 1.82) is 0 Å². The molecule has 4 rings (SSSR count). The monoisotopic (exact) mass is 362 g/mol. The fraction of sp³-hybridized carbons (Fsp3) is 0.0526. The molecule has 1 aliphatic heterocycles. The Morgan fingerprint density at radius 3 is 2.42 bits per heavy atom. The predicted molar refractivity (Wildman–Crippen MR) is 101 cm³/mol. The van der Waals surface area contributed by atoms with Gasteiger partial charge < -0.3 is 4.98 Å². The van der Waals surface area contributed by atoms with Crippen LogP contribution in [0.5, 0.6) is 0 Å². The van der Waals surface area contributed by atoms with E-state index >= 15 is 0 Å². The summed E-state index contributed by atoms with van der Waals surface area (Å²) >= 11 is 0.948. The third-order valence-corrected chi connectivity index (χ3v) is 4.85. The van der Waals surface area contributed by atoms with Crippen molar-refractivity contribution in [3.8, 4) is 11.4 Å². The lowest BCUT2D eigenvalue weighted by molar-refractivity contribution is -0.113. The fourth-order valence-electron chi connectivity index (χ4n) is 2.62. The highest BCUT2D eigenvalue weighted by atomic mass is 32.2. The topological polar surface area (TPSA) is 79.0 Å². The number of carbonyl (C=O) groups excluding carboxylic acids is 2. The maximum Gasteiger partial charge on any atom is 0.298 e. The number of carbonyl (C=O) groups is 2. The first-order valence-electron chi connectivity index (χ1n) is 7.93. The molecule has 2 heterocycles. The zero-order chi connectivity index (χ0) is 18.1. The van der Waals surface area contributed by atoms with Gasteiger partial charge >= 0.3 is 0 Å². The molecule has 7 heteroatoms. The number of aromatic nitrogens is 3. The van der Waals surface area contributed by atoms with Crippen molar-refractivity contribution in [2.24, 2.45) is 0 Å². The second-order valence-electron chi connectivity index (χ2n) is 5.81. The van der Waals surface area contributed by atoms with Gasteiger partial charge in [-0.25, -0.2) is 4.90 Å². The van der Waals surface area contributed by atoms with Crippen LogP contribution in [0.4, 0.5) is 10.5 Å². The van der Waals surface area contributed by atoms with Gasteiger partial charge in [0.2, 0.25) is 0 Å². The van der Waals surface area contributed by atoms with Crippen molar-refractivity contribution in [2.75, 3.05) is 4.90 Å². The Morgan fingerprint density at radius 1 is 1.04 bits per heavy atom. The molecule has 0 atom stereocenters. The van der Waals surface area contributed by atoms with Crippen LogP contribution in [0.1, 0.15) is 11.1 Å². The normalized spacial score (nSPS) is 15.9. The summed E-state index contributed by atoms with van der Waals surface area (Å²) in [5.74, 6) is 0.374. The average molecular weight is 362 g/mol. The third kappa shape index (κ3) is 3.04. The standard InChI is InChI=1S/C19H14N4O2S/c1-12-2-8-15(9-3-12)23-18(24)16(26-19(23)25)10-13-4-6-14(7-5-13)17-20-11-21-22-17/h2-11H,1H3,(H,20,21,22)/b16-10-. The van der Waals surface area contributed by atoms with Crippen LogP contribution in [0.3, 0.4) is 0 Å². The van der Waals surface area contributed by atoms with Crippen LogP contribution in [0.25, 0.3) is 17.5 Å². The number of hydrogen-bond donors (Lipinski definition) is 1. The van der Waals surface area contributed by atoms with Crippen molar-refractivity contribution in [3.63, 3.8) is 0 Å². The maximum absolute atomic E-state index is 12.7. The van der Waals surface area contributed by atoms with Crippen LogP contribution in [0.2, 0.25) is 0 Å². The highest BCUT2D eigenvalue weighted by Gasteiger charge is 2.36. The number of rotatable bonds is 3. The van der Waals surface area contributed by atoms with E-state index in [1.165, 1.54) is 11.2 Å². The summed E-state index contributed by atoms with van der Waals surface area (Å²) in [6, 6.07) is 14.8. The Kier molecular flexibility index (Phi) is 4.14. The summed E-state index contributed by atoms with van der Waals surface area (Å²) in [6.07, 6.45) is 3.24. The first kappa shape index (κ1) is 16.3. The Balaban J connectivity index is 1.59. The van der Waals surface area contributed by atoms with Gasteiger partial charge in [-0.2, -0.15) is 0 Å². The Labute approximate surface area is 153 Å². The number of thioether (sulfide) groups is 1. The number of H-pyrrole nitrogens is 1. The fourth-order valence-corrected chi connectivity index (χ4v) is 3.46. The number of aromatic amines is 1.